The molecule has 3 aromatic carbocycles. The summed E-state index contributed by atoms with van der Waals surface area (Å²) in [6.07, 6.45) is 2.68. The molecule has 208 valence electrons. The highest BCUT2D eigenvalue weighted by atomic mass is 32.2. The van der Waals surface area contributed by atoms with Gasteiger partial charge in [0.25, 0.3) is 10.0 Å². The first-order valence-corrected chi connectivity index (χ1v) is 15.5. The third kappa shape index (κ3) is 6.43. The summed E-state index contributed by atoms with van der Waals surface area (Å²) in [5, 5.41) is 2.69. The number of carbonyl (C=O) groups excluding carboxylic acids is 1. The van der Waals surface area contributed by atoms with E-state index in [1.807, 2.05) is 13.8 Å². The first-order valence-electron chi connectivity index (χ1n) is 12.7. The maximum atomic E-state index is 13.7. The topological polar surface area (TPSA) is 113 Å². The van der Waals surface area contributed by atoms with Crippen molar-refractivity contribution in [1.82, 2.24) is 4.31 Å². The monoisotopic (exact) mass is 571 g/mol. The molecule has 0 bridgehead atoms. The zero-order valence-electron chi connectivity index (χ0n) is 22.3. The van der Waals surface area contributed by atoms with Crippen molar-refractivity contribution in [3.63, 3.8) is 0 Å². The maximum Gasteiger partial charge on any atom is 0.264 e. The Balaban J connectivity index is 1.59. The maximum absolute atomic E-state index is 13.7. The molecular weight excluding hydrogens is 538 g/mol. The standard InChI is InChI=1S/C28H33N3O6S2/c1-21-7-12-25(13-8-21)39(35,36)31(26-19-22(2)9-16-27(26)37-3)20-28(32)29-23-10-14-24(15-11-23)38(33,34)30-17-5-4-6-18-30/h7-16,19H,4-6,17-18,20H2,1-3H3,(H,29,32). The molecule has 9 nitrogen and oxygen atoms in total. The minimum atomic E-state index is -4.14. The van der Waals surface area contributed by atoms with Crippen molar-refractivity contribution < 1.29 is 26.4 Å². The van der Waals surface area contributed by atoms with Gasteiger partial charge in [-0.1, -0.05) is 30.2 Å². The zero-order chi connectivity index (χ0) is 28.2. The van der Waals surface area contributed by atoms with Crippen LogP contribution >= 0.6 is 0 Å². The van der Waals surface area contributed by atoms with E-state index in [2.05, 4.69) is 5.32 Å². The second-order valence-electron chi connectivity index (χ2n) is 9.54. The predicted molar refractivity (Wildman–Crippen MR) is 151 cm³/mol. The van der Waals surface area contributed by atoms with Gasteiger partial charge in [0.05, 0.1) is 22.6 Å². The van der Waals surface area contributed by atoms with Crippen LogP contribution in [0.25, 0.3) is 0 Å². The van der Waals surface area contributed by atoms with E-state index in [1.54, 1.807) is 30.3 Å². The number of methoxy groups -OCH3 is 1. The molecule has 4 rings (SSSR count). The highest BCUT2D eigenvalue weighted by Gasteiger charge is 2.30. The van der Waals surface area contributed by atoms with Crippen LogP contribution in [0.3, 0.4) is 0 Å². The summed E-state index contributed by atoms with van der Waals surface area (Å²) in [5.41, 5.74) is 2.27. The lowest BCUT2D eigenvalue weighted by Gasteiger charge is -2.26. The summed E-state index contributed by atoms with van der Waals surface area (Å²) in [7, 11) is -6.31. The minimum absolute atomic E-state index is 0.0386. The van der Waals surface area contributed by atoms with Gasteiger partial charge in [0, 0.05) is 18.8 Å². The van der Waals surface area contributed by atoms with Gasteiger partial charge in [0.1, 0.15) is 12.3 Å². The molecule has 3 aromatic rings. The van der Waals surface area contributed by atoms with Crippen LogP contribution in [-0.2, 0) is 24.8 Å². The first-order chi connectivity index (χ1) is 18.5. The second kappa shape index (κ2) is 11.8. The minimum Gasteiger partial charge on any atom is -0.495 e. The van der Waals surface area contributed by atoms with Crippen molar-refractivity contribution in [3.05, 3.63) is 77.9 Å². The van der Waals surface area contributed by atoms with Crippen LogP contribution in [-0.4, -0.2) is 53.8 Å². The van der Waals surface area contributed by atoms with Crippen LogP contribution in [0.1, 0.15) is 30.4 Å². The number of hydrogen-bond acceptors (Lipinski definition) is 6. The van der Waals surface area contributed by atoms with Crippen LogP contribution < -0.4 is 14.4 Å². The zero-order valence-corrected chi connectivity index (χ0v) is 23.9. The number of carbonyl (C=O) groups is 1. The van der Waals surface area contributed by atoms with Crippen molar-refractivity contribution >= 4 is 37.3 Å². The van der Waals surface area contributed by atoms with Crippen LogP contribution in [0, 0.1) is 13.8 Å². The fraction of sp³-hybridized carbons (Fsp3) is 0.321. The van der Waals surface area contributed by atoms with Gasteiger partial charge in [0.15, 0.2) is 0 Å². The van der Waals surface area contributed by atoms with Crippen LogP contribution in [0.15, 0.2) is 76.5 Å². The van der Waals surface area contributed by atoms with Crippen molar-refractivity contribution in [2.45, 2.75) is 42.9 Å². The molecule has 0 spiro atoms. The molecule has 1 fully saturated rings. The Kier molecular flexibility index (Phi) is 8.63. The lowest BCUT2D eigenvalue weighted by molar-refractivity contribution is -0.114. The van der Waals surface area contributed by atoms with Crippen molar-refractivity contribution in [2.24, 2.45) is 0 Å². The van der Waals surface area contributed by atoms with Crippen LogP contribution in [0.2, 0.25) is 0 Å². The van der Waals surface area contributed by atoms with Crippen LogP contribution in [0.5, 0.6) is 5.75 Å². The van der Waals surface area contributed by atoms with E-state index in [9.17, 15) is 21.6 Å². The molecule has 1 aliphatic heterocycles. The lowest BCUT2D eigenvalue weighted by atomic mass is 10.2. The summed E-state index contributed by atoms with van der Waals surface area (Å²) in [4.78, 5) is 13.3. The quantitative estimate of drug-likeness (QED) is 0.409. The summed E-state index contributed by atoms with van der Waals surface area (Å²) in [5.74, 6) is -0.294. The number of nitrogens with zero attached hydrogens (tertiary/aromatic N) is 2. The van der Waals surface area contributed by atoms with Gasteiger partial charge in [-0.3, -0.25) is 9.10 Å². The molecule has 1 amide bonds. The highest BCUT2D eigenvalue weighted by molar-refractivity contribution is 7.93. The lowest BCUT2D eigenvalue weighted by Crippen LogP contribution is -2.38. The van der Waals surface area contributed by atoms with E-state index in [-0.39, 0.29) is 15.5 Å². The molecule has 1 saturated heterocycles. The van der Waals surface area contributed by atoms with Gasteiger partial charge in [-0.15, -0.1) is 0 Å². The number of hydrogen-bond donors (Lipinski definition) is 1. The van der Waals surface area contributed by atoms with Gasteiger partial charge in [0.2, 0.25) is 15.9 Å². The first kappa shape index (κ1) is 28.6. The average Bonchev–Trinajstić information content (AvgIpc) is 2.92. The van der Waals surface area contributed by atoms with Crippen molar-refractivity contribution in [2.75, 3.05) is 36.4 Å². The fourth-order valence-corrected chi connectivity index (χ4v) is 7.37. The molecule has 0 radical (unpaired) electrons. The Morgan fingerprint density at radius 1 is 0.846 bits per heavy atom. The summed E-state index contributed by atoms with van der Waals surface area (Å²) < 4.78 is 61.3. The van der Waals surface area contributed by atoms with Crippen molar-refractivity contribution in [3.8, 4) is 5.75 Å². The van der Waals surface area contributed by atoms with Gasteiger partial charge in [-0.2, -0.15) is 4.31 Å². The van der Waals surface area contributed by atoms with Gasteiger partial charge in [-0.25, -0.2) is 16.8 Å². The van der Waals surface area contributed by atoms with Gasteiger partial charge < -0.3 is 10.1 Å². The number of sulfonamides is 2. The van der Waals surface area contributed by atoms with Gasteiger partial charge >= 0.3 is 0 Å². The number of anilines is 2. The SMILES string of the molecule is COc1ccc(C)cc1N(CC(=O)Nc1ccc(S(=O)(=O)N2CCCCC2)cc1)S(=O)(=O)c1ccc(C)cc1. The molecule has 0 saturated carbocycles. The van der Waals surface area contributed by atoms with E-state index < -0.39 is 32.5 Å². The summed E-state index contributed by atoms with van der Waals surface area (Å²) in [6.45, 7) is 4.14. The Hall–Kier alpha value is -3.41. The third-order valence-electron chi connectivity index (χ3n) is 6.59. The third-order valence-corrected chi connectivity index (χ3v) is 10.3. The summed E-state index contributed by atoms with van der Waals surface area (Å²) >= 11 is 0. The van der Waals surface area contributed by atoms with E-state index in [0.717, 1.165) is 34.7 Å². The smallest absolute Gasteiger partial charge is 0.264 e. The molecular formula is C28H33N3O6S2. The van der Waals surface area contributed by atoms with E-state index >= 15 is 0 Å². The highest BCUT2D eigenvalue weighted by Crippen LogP contribution is 2.33. The average molecular weight is 572 g/mol. The number of ether oxygens (including phenoxy) is 1. The molecule has 0 unspecified atom stereocenters. The van der Waals surface area contributed by atoms with E-state index in [1.165, 1.54) is 47.8 Å². The molecule has 1 N–H and O–H groups in total. The number of aryl methyl sites for hydroxylation is 2. The Bertz CT molecular complexity index is 1530. The molecule has 39 heavy (non-hydrogen) atoms. The number of amides is 1. The van der Waals surface area contributed by atoms with Crippen LogP contribution in [0.4, 0.5) is 11.4 Å². The Morgan fingerprint density at radius 3 is 2.05 bits per heavy atom. The van der Waals surface area contributed by atoms with E-state index in [0.29, 0.717) is 24.5 Å². The molecule has 11 heteroatoms. The van der Waals surface area contributed by atoms with Gasteiger partial charge in [-0.05, 0) is 80.8 Å². The number of rotatable bonds is 9. The molecule has 0 aromatic heterocycles. The number of nitrogens with one attached hydrogen (secondary N) is 1. The Morgan fingerprint density at radius 2 is 1.44 bits per heavy atom. The normalized spacial score (nSPS) is 14.5. The number of piperidine rings is 1. The van der Waals surface area contributed by atoms with Crippen molar-refractivity contribution in [1.29, 1.82) is 0 Å². The molecule has 1 heterocycles. The second-order valence-corrected chi connectivity index (χ2v) is 13.3. The fourth-order valence-electron chi connectivity index (χ4n) is 4.43. The Labute approximate surface area is 230 Å². The van der Waals surface area contributed by atoms with E-state index in [4.69, 9.17) is 4.74 Å². The predicted octanol–water partition coefficient (Wildman–Crippen LogP) is 4.32. The largest absolute Gasteiger partial charge is 0.495 e. The number of benzene rings is 3. The summed E-state index contributed by atoms with van der Waals surface area (Å²) in [6, 6.07) is 17.4. The molecule has 0 atom stereocenters. The molecule has 1 aliphatic rings. The molecule has 0 aliphatic carbocycles.